The maximum Gasteiger partial charge on any atom is 0.407 e. The summed E-state index contributed by atoms with van der Waals surface area (Å²) >= 11 is 0. The highest BCUT2D eigenvalue weighted by molar-refractivity contribution is 5.87. The third kappa shape index (κ3) is 17.6. The average molecular weight is 586 g/mol. The summed E-state index contributed by atoms with van der Waals surface area (Å²) in [5.74, 6) is -1.87. The highest BCUT2D eigenvalue weighted by Crippen LogP contribution is 2.24. The molecule has 0 radical (unpaired) electrons. The van der Waals surface area contributed by atoms with E-state index >= 15 is 0 Å². The maximum atomic E-state index is 12.2. The fraction of sp³-hybridized carbons (Fsp3) is 0.538. The summed E-state index contributed by atoms with van der Waals surface area (Å²) in [4.78, 5) is 70.3. The summed E-state index contributed by atoms with van der Waals surface area (Å²) in [6.07, 6.45) is -1.35. The molecule has 15 heteroatoms. The highest BCUT2D eigenvalue weighted by atomic mass is 16.6. The minimum absolute atomic E-state index is 0.0404. The molecule has 0 aliphatic rings. The summed E-state index contributed by atoms with van der Waals surface area (Å²) in [6, 6.07) is 0. The molecule has 15 nitrogen and oxygen atoms in total. The second kappa shape index (κ2) is 20.4. The number of carbonyl (C=O) groups excluding carboxylic acids is 6. The van der Waals surface area contributed by atoms with Crippen molar-refractivity contribution >= 4 is 36.2 Å². The number of amides is 3. The molecular formula is C26H39N3O12. The molecule has 0 spiro atoms. The van der Waals surface area contributed by atoms with Crippen LogP contribution in [-0.4, -0.2) is 95.5 Å². The van der Waals surface area contributed by atoms with Crippen molar-refractivity contribution in [2.45, 2.75) is 27.2 Å². The Kier molecular flexibility index (Phi) is 18.1. The largest absolute Gasteiger partial charge is 0.461 e. The van der Waals surface area contributed by atoms with E-state index in [1.165, 1.54) is 13.8 Å². The van der Waals surface area contributed by atoms with Gasteiger partial charge in [0.15, 0.2) is 0 Å². The Labute approximate surface area is 238 Å². The minimum atomic E-state index is -1.15. The fourth-order valence-electron chi connectivity index (χ4n) is 2.44. The van der Waals surface area contributed by atoms with Gasteiger partial charge in [-0.25, -0.2) is 28.8 Å². The third-order valence-electron chi connectivity index (χ3n) is 4.97. The predicted molar refractivity (Wildman–Crippen MR) is 143 cm³/mol. The molecule has 0 atom stereocenters. The molecule has 0 rings (SSSR count). The van der Waals surface area contributed by atoms with Gasteiger partial charge in [0, 0.05) is 17.2 Å². The summed E-state index contributed by atoms with van der Waals surface area (Å²) in [5, 5.41) is 7.18. The first kappa shape index (κ1) is 36.4. The number of hydrogen-bond donors (Lipinski definition) is 3. The molecule has 0 aromatic carbocycles. The molecule has 0 aliphatic heterocycles. The molecular weight excluding hydrogens is 546 g/mol. The van der Waals surface area contributed by atoms with Gasteiger partial charge in [0.1, 0.15) is 39.6 Å². The Hall–Kier alpha value is -4.56. The van der Waals surface area contributed by atoms with Gasteiger partial charge in [0.2, 0.25) is 0 Å². The van der Waals surface area contributed by atoms with Crippen LogP contribution in [0.3, 0.4) is 0 Å². The standard InChI is InChI=1S/C26H39N3O12/c1-7-20(30)36-12-9-27-23(33)39-15-26(8-2,16-40-24(34)28-10-13-37-21(31)18(3)4)17-41-25(35)29-11-14-38-22(32)19(5)6/h7H,1,3,5,8-17H2,2,4,6H3,(H,27,33)(H,28,34)(H,29,35). The SMILES string of the molecule is C=CC(=O)OCCNC(=O)OCC(CC)(COC(=O)NCCOC(=O)C(=C)C)COC(=O)NCCOC(=O)C(=C)C. The highest BCUT2D eigenvalue weighted by Gasteiger charge is 2.34. The average Bonchev–Trinajstić information content (AvgIpc) is 2.94. The molecule has 41 heavy (non-hydrogen) atoms. The van der Waals surface area contributed by atoms with Gasteiger partial charge in [-0.1, -0.05) is 26.7 Å². The van der Waals surface area contributed by atoms with Gasteiger partial charge < -0.3 is 44.4 Å². The van der Waals surface area contributed by atoms with Gasteiger partial charge in [-0.2, -0.15) is 0 Å². The van der Waals surface area contributed by atoms with E-state index in [9.17, 15) is 28.8 Å². The smallest absolute Gasteiger partial charge is 0.407 e. The van der Waals surface area contributed by atoms with Crippen molar-refractivity contribution in [2.75, 3.05) is 59.3 Å². The summed E-state index contributed by atoms with van der Waals surface area (Å²) in [5.41, 5.74) is -0.738. The van der Waals surface area contributed by atoms with E-state index in [-0.39, 0.29) is 76.8 Å². The van der Waals surface area contributed by atoms with Crippen LogP contribution in [0.25, 0.3) is 0 Å². The van der Waals surface area contributed by atoms with Crippen LogP contribution < -0.4 is 16.0 Å². The Morgan fingerprint density at radius 2 is 0.976 bits per heavy atom. The normalized spacial score (nSPS) is 10.2. The number of esters is 3. The summed E-state index contributed by atoms with van der Waals surface area (Å²) < 4.78 is 30.2. The second-order valence-electron chi connectivity index (χ2n) is 8.57. The molecule has 0 unspecified atom stereocenters. The van der Waals surface area contributed by atoms with E-state index in [2.05, 4.69) is 35.7 Å². The molecule has 0 aliphatic carbocycles. The van der Waals surface area contributed by atoms with Crippen molar-refractivity contribution in [1.29, 1.82) is 0 Å². The first-order valence-electron chi connectivity index (χ1n) is 12.5. The van der Waals surface area contributed by atoms with Crippen LogP contribution in [0.4, 0.5) is 14.4 Å². The van der Waals surface area contributed by atoms with Gasteiger partial charge in [-0.15, -0.1) is 0 Å². The van der Waals surface area contributed by atoms with E-state index in [0.29, 0.717) is 0 Å². The zero-order chi connectivity index (χ0) is 31.3. The predicted octanol–water partition coefficient (Wildman–Crippen LogP) is 1.53. The minimum Gasteiger partial charge on any atom is -0.461 e. The maximum absolute atomic E-state index is 12.2. The molecule has 230 valence electrons. The number of hydrogen-bond acceptors (Lipinski definition) is 12. The lowest BCUT2D eigenvalue weighted by Crippen LogP contribution is -2.43. The third-order valence-corrected chi connectivity index (χ3v) is 4.97. The van der Waals surface area contributed by atoms with Gasteiger partial charge in [0.05, 0.1) is 25.0 Å². The van der Waals surface area contributed by atoms with Crippen LogP contribution in [0.1, 0.15) is 27.2 Å². The van der Waals surface area contributed by atoms with E-state index in [0.717, 1.165) is 6.08 Å². The molecule has 3 amide bonds. The van der Waals surface area contributed by atoms with Crippen LogP contribution in [0.2, 0.25) is 0 Å². The lowest BCUT2D eigenvalue weighted by atomic mass is 9.88. The van der Waals surface area contributed by atoms with Gasteiger partial charge in [0.25, 0.3) is 0 Å². The molecule has 0 aromatic rings. The van der Waals surface area contributed by atoms with Crippen molar-refractivity contribution < 1.29 is 57.2 Å². The van der Waals surface area contributed by atoms with E-state index in [4.69, 9.17) is 28.4 Å². The van der Waals surface area contributed by atoms with Crippen molar-refractivity contribution in [3.05, 3.63) is 37.0 Å². The van der Waals surface area contributed by atoms with Crippen LogP contribution in [0.15, 0.2) is 37.0 Å². The zero-order valence-electron chi connectivity index (χ0n) is 23.7. The molecule has 0 aromatic heterocycles. The van der Waals surface area contributed by atoms with Crippen molar-refractivity contribution in [3.8, 4) is 0 Å². The first-order chi connectivity index (χ1) is 19.4. The Bertz CT molecular complexity index is 913. The molecule has 0 fully saturated rings. The van der Waals surface area contributed by atoms with Crippen molar-refractivity contribution in [1.82, 2.24) is 16.0 Å². The summed E-state index contributed by atoms with van der Waals surface area (Å²) in [6.45, 7) is 13.4. The lowest BCUT2D eigenvalue weighted by Gasteiger charge is -2.31. The number of nitrogens with one attached hydrogen (secondary N) is 3. The van der Waals surface area contributed by atoms with Crippen molar-refractivity contribution in [3.63, 3.8) is 0 Å². The fourth-order valence-corrected chi connectivity index (χ4v) is 2.44. The first-order valence-corrected chi connectivity index (χ1v) is 12.5. The molecule has 3 N–H and O–H groups in total. The monoisotopic (exact) mass is 585 g/mol. The zero-order valence-corrected chi connectivity index (χ0v) is 23.7. The number of alkyl carbamates (subject to hydrolysis) is 3. The van der Waals surface area contributed by atoms with E-state index in [1.54, 1.807) is 6.92 Å². The van der Waals surface area contributed by atoms with Gasteiger partial charge >= 0.3 is 36.2 Å². The number of carbonyl (C=O) groups is 6. The Morgan fingerprint density at radius 1 is 0.634 bits per heavy atom. The molecule has 0 bridgehead atoms. The van der Waals surface area contributed by atoms with Crippen LogP contribution in [0, 0.1) is 5.41 Å². The summed E-state index contributed by atoms with van der Waals surface area (Å²) in [7, 11) is 0. The Balaban J connectivity index is 4.97. The second-order valence-corrected chi connectivity index (χ2v) is 8.57. The lowest BCUT2D eigenvalue weighted by molar-refractivity contribution is -0.139. The van der Waals surface area contributed by atoms with Gasteiger partial charge in [-0.3, -0.25) is 0 Å². The molecule has 0 saturated carbocycles. The van der Waals surface area contributed by atoms with Crippen LogP contribution in [-0.2, 0) is 42.8 Å². The molecule has 0 saturated heterocycles. The van der Waals surface area contributed by atoms with Gasteiger partial charge in [-0.05, 0) is 20.3 Å². The molecule has 0 heterocycles. The van der Waals surface area contributed by atoms with E-state index < -0.39 is 41.6 Å². The van der Waals surface area contributed by atoms with Crippen molar-refractivity contribution in [2.24, 2.45) is 5.41 Å². The number of ether oxygens (including phenoxy) is 6. The number of rotatable bonds is 19. The topological polar surface area (TPSA) is 194 Å². The quantitative estimate of drug-likeness (QED) is 0.0858. The van der Waals surface area contributed by atoms with E-state index in [1.807, 2.05) is 0 Å². The Morgan fingerprint density at radius 3 is 1.27 bits per heavy atom. The van der Waals surface area contributed by atoms with Crippen LogP contribution >= 0.6 is 0 Å². The van der Waals surface area contributed by atoms with Crippen LogP contribution in [0.5, 0.6) is 0 Å².